The van der Waals surface area contributed by atoms with Crippen molar-refractivity contribution in [2.45, 2.75) is 63.5 Å². The van der Waals surface area contributed by atoms with Crippen LogP contribution in [0.4, 0.5) is 0 Å². The Morgan fingerprint density at radius 2 is 1.60 bits per heavy atom. The lowest BCUT2D eigenvalue weighted by Crippen LogP contribution is -2.52. The van der Waals surface area contributed by atoms with E-state index in [1.807, 2.05) is 0 Å². The smallest absolute Gasteiger partial charge is 0.0247 e. The molecule has 0 radical (unpaired) electrons. The van der Waals surface area contributed by atoms with Crippen molar-refractivity contribution in [1.29, 1.82) is 0 Å². The van der Waals surface area contributed by atoms with E-state index in [0.29, 0.717) is 6.04 Å². The molecule has 2 saturated carbocycles. The topological polar surface area (TPSA) is 29.3 Å². The summed E-state index contributed by atoms with van der Waals surface area (Å²) in [7, 11) is 0. The van der Waals surface area contributed by atoms with Gasteiger partial charge in [0.05, 0.1) is 0 Å². The molecule has 1 spiro atoms. The predicted octanol–water partition coefficient (Wildman–Crippen LogP) is 2.13. The van der Waals surface area contributed by atoms with Gasteiger partial charge in [0, 0.05) is 12.1 Å². The molecule has 0 aromatic carbocycles. The summed E-state index contributed by atoms with van der Waals surface area (Å²) in [6.45, 7) is 2.66. The van der Waals surface area contributed by atoms with Crippen LogP contribution in [0.1, 0.15) is 51.4 Å². The zero-order chi connectivity index (χ0) is 10.3. The Morgan fingerprint density at radius 3 is 2.20 bits per heavy atom. The van der Waals surface area contributed by atoms with Crippen LogP contribution in [0.25, 0.3) is 0 Å². The van der Waals surface area contributed by atoms with E-state index in [4.69, 9.17) is 5.73 Å². The monoisotopic (exact) mass is 208 g/mol. The Balaban J connectivity index is 1.57. The van der Waals surface area contributed by atoms with E-state index in [1.54, 1.807) is 0 Å². The first kappa shape index (κ1) is 10.1. The molecule has 2 nitrogen and oxygen atoms in total. The SMILES string of the molecule is NC1CCCCC1N1CCC2(CC1)CC2. The van der Waals surface area contributed by atoms with Gasteiger partial charge in [-0.15, -0.1) is 0 Å². The van der Waals surface area contributed by atoms with E-state index in [2.05, 4.69) is 4.90 Å². The molecule has 3 aliphatic rings. The summed E-state index contributed by atoms with van der Waals surface area (Å²) in [5, 5.41) is 0. The third-order valence-electron chi connectivity index (χ3n) is 5.07. The lowest BCUT2D eigenvalue weighted by Gasteiger charge is -2.42. The van der Waals surface area contributed by atoms with Crippen molar-refractivity contribution < 1.29 is 0 Å². The minimum Gasteiger partial charge on any atom is -0.326 e. The van der Waals surface area contributed by atoms with Gasteiger partial charge in [-0.1, -0.05) is 12.8 Å². The van der Waals surface area contributed by atoms with Crippen LogP contribution in [0, 0.1) is 5.41 Å². The van der Waals surface area contributed by atoms with Crippen molar-refractivity contribution >= 4 is 0 Å². The van der Waals surface area contributed by atoms with E-state index >= 15 is 0 Å². The van der Waals surface area contributed by atoms with Crippen molar-refractivity contribution in [1.82, 2.24) is 4.90 Å². The van der Waals surface area contributed by atoms with Crippen LogP contribution >= 0.6 is 0 Å². The molecular weight excluding hydrogens is 184 g/mol. The second-order valence-corrected chi connectivity index (χ2v) is 6.05. The molecule has 2 heteroatoms. The van der Waals surface area contributed by atoms with Crippen LogP contribution in [0.3, 0.4) is 0 Å². The van der Waals surface area contributed by atoms with Crippen LogP contribution in [-0.4, -0.2) is 30.1 Å². The molecule has 2 aliphatic carbocycles. The highest BCUT2D eigenvalue weighted by Gasteiger charge is 2.45. The maximum atomic E-state index is 6.25. The van der Waals surface area contributed by atoms with Crippen LogP contribution in [0.2, 0.25) is 0 Å². The lowest BCUT2D eigenvalue weighted by atomic mass is 9.86. The second kappa shape index (κ2) is 3.74. The van der Waals surface area contributed by atoms with E-state index in [-0.39, 0.29) is 0 Å². The van der Waals surface area contributed by atoms with Gasteiger partial charge >= 0.3 is 0 Å². The number of piperidine rings is 1. The summed E-state index contributed by atoms with van der Waals surface area (Å²) in [5.74, 6) is 0. The molecule has 0 aromatic heterocycles. The van der Waals surface area contributed by atoms with Gasteiger partial charge in [-0.3, -0.25) is 4.90 Å². The van der Waals surface area contributed by atoms with Crippen molar-refractivity contribution in [3.63, 3.8) is 0 Å². The van der Waals surface area contributed by atoms with Gasteiger partial charge in [-0.05, 0) is 57.0 Å². The zero-order valence-electron chi connectivity index (χ0n) is 9.75. The highest BCUT2D eigenvalue weighted by atomic mass is 15.2. The third-order valence-corrected chi connectivity index (χ3v) is 5.07. The minimum absolute atomic E-state index is 0.465. The molecule has 1 saturated heterocycles. The van der Waals surface area contributed by atoms with Gasteiger partial charge in [0.25, 0.3) is 0 Å². The predicted molar refractivity (Wildman–Crippen MR) is 62.7 cm³/mol. The first-order valence-corrected chi connectivity index (χ1v) is 6.79. The molecule has 3 fully saturated rings. The molecule has 15 heavy (non-hydrogen) atoms. The molecule has 86 valence electrons. The fourth-order valence-electron chi connectivity index (χ4n) is 3.60. The van der Waals surface area contributed by atoms with Gasteiger partial charge in [0.15, 0.2) is 0 Å². The number of rotatable bonds is 1. The molecule has 2 N–H and O–H groups in total. The van der Waals surface area contributed by atoms with Crippen molar-refractivity contribution in [3.05, 3.63) is 0 Å². The summed E-state index contributed by atoms with van der Waals surface area (Å²) in [6, 6.07) is 1.18. The molecule has 1 aliphatic heterocycles. The summed E-state index contributed by atoms with van der Waals surface area (Å²) in [4.78, 5) is 2.70. The number of nitrogens with zero attached hydrogens (tertiary/aromatic N) is 1. The summed E-state index contributed by atoms with van der Waals surface area (Å²) >= 11 is 0. The van der Waals surface area contributed by atoms with Crippen molar-refractivity contribution in [2.75, 3.05) is 13.1 Å². The molecule has 0 amide bonds. The molecule has 2 unspecified atom stereocenters. The van der Waals surface area contributed by atoms with Crippen LogP contribution in [0.15, 0.2) is 0 Å². The first-order valence-electron chi connectivity index (χ1n) is 6.79. The van der Waals surface area contributed by atoms with E-state index in [0.717, 1.165) is 11.5 Å². The van der Waals surface area contributed by atoms with E-state index in [1.165, 1.54) is 64.5 Å². The molecule has 2 atom stereocenters. The lowest BCUT2D eigenvalue weighted by molar-refractivity contribution is 0.0874. The summed E-state index contributed by atoms with van der Waals surface area (Å²) < 4.78 is 0. The Kier molecular flexibility index (Phi) is 2.52. The number of hydrogen-bond acceptors (Lipinski definition) is 2. The highest BCUT2D eigenvalue weighted by Crippen LogP contribution is 2.53. The molecule has 1 heterocycles. The maximum Gasteiger partial charge on any atom is 0.0247 e. The molecule has 0 aromatic rings. The average Bonchev–Trinajstić information content (AvgIpc) is 3.01. The Morgan fingerprint density at radius 1 is 0.933 bits per heavy atom. The fraction of sp³-hybridized carbons (Fsp3) is 1.00. The molecule has 3 rings (SSSR count). The van der Waals surface area contributed by atoms with Crippen LogP contribution in [0.5, 0.6) is 0 Å². The fourth-order valence-corrected chi connectivity index (χ4v) is 3.60. The standard InChI is InChI=1S/C13H24N2/c14-11-3-1-2-4-12(11)15-9-7-13(5-6-13)8-10-15/h11-12H,1-10,14H2. The zero-order valence-corrected chi connectivity index (χ0v) is 9.75. The molecular formula is C13H24N2. The van der Waals surface area contributed by atoms with Gasteiger partial charge < -0.3 is 5.73 Å². The first-order chi connectivity index (χ1) is 7.29. The summed E-state index contributed by atoms with van der Waals surface area (Å²) in [5.41, 5.74) is 7.07. The van der Waals surface area contributed by atoms with Crippen molar-refractivity contribution in [2.24, 2.45) is 11.1 Å². The quantitative estimate of drug-likeness (QED) is 0.715. The van der Waals surface area contributed by atoms with Crippen LogP contribution < -0.4 is 5.73 Å². The Labute approximate surface area is 93.2 Å². The maximum absolute atomic E-state index is 6.25. The Hall–Kier alpha value is -0.0800. The van der Waals surface area contributed by atoms with Gasteiger partial charge in [-0.2, -0.15) is 0 Å². The highest BCUT2D eigenvalue weighted by molar-refractivity contribution is 4.99. The largest absolute Gasteiger partial charge is 0.326 e. The minimum atomic E-state index is 0.465. The average molecular weight is 208 g/mol. The van der Waals surface area contributed by atoms with Gasteiger partial charge in [0.1, 0.15) is 0 Å². The normalized spacial score (nSPS) is 40.6. The second-order valence-electron chi connectivity index (χ2n) is 6.05. The van der Waals surface area contributed by atoms with Gasteiger partial charge in [-0.25, -0.2) is 0 Å². The van der Waals surface area contributed by atoms with E-state index in [9.17, 15) is 0 Å². The van der Waals surface area contributed by atoms with Crippen molar-refractivity contribution in [3.8, 4) is 0 Å². The molecule has 0 bridgehead atoms. The number of hydrogen-bond donors (Lipinski definition) is 1. The van der Waals surface area contributed by atoms with Gasteiger partial charge in [0.2, 0.25) is 0 Å². The third kappa shape index (κ3) is 1.94. The number of nitrogens with two attached hydrogens (primary N) is 1. The number of likely N-dealkylation sites (tertiary alicyclic amines) is 1. The Bertz CT molecular complexity index is 225. The van der Waals surface area contributed by atoms with Crippen LogP contribution in [-0.2, 0) is 0 Å². The summed E-state index contributed by atoms with van der Waals surface area (Å²) in [6.07, 6.45) is 11.3. The van der Waals surface area contributed by atoms with E-state index < -0.39 is 0 Å².